The lowest BCUT2D eigenvalue weighted by Crippen LogP contribution is -2.36. The minimum Gasteiger partial charge on any atom is -0.497 e. The molecule has 0 spiro atoms. The van der Waals surface area contributed by atoms with Crippen LogP contribution in [0.2, 0.25) is 0 Å². The normalized spacial score (nSPS) is 10.9. The fourth-order valence-electron chi connectivity index (χ4n) is 4.52. The zero-order chi connectivity index (χ0) is 35.8. The largest absolute Gasteiger partial charge is 0.497 e. The smallest absolute Gasteiger partial charge is 0.471 e. The zero-order valence-electron chi connectivity index (χ0n) is 27.5. The van der Waals surface area contributed by atoms with E-state index in [1.54, 1.807) is 44.6 Å². The van der Waals surface area contributed by atoms with Gasteiger partial charge in [-0.1, -0.05) is 53.6 Å². The molecule has 0 saturated heterocycles. The lowest BCUT2D eigenvalue weighted by Gasteiger charge is -2.24. The molecule has 50 heavy (non-hydrogen) atoms. The number of nitrogens with zero attached hydrogens (tertiary/aromatic N) is 6. The molecular formula is C34H37F3N8O5. The molecule has 1 aromatic heterocycles. The van der Waals surface area contributed by atoms with Crippen molar-refractivity contribution in [2.45, 2.75) is 32.4 Å². The van der Waals surface area contributed by atoms with Crippen LogP contribution < -0.4 is 29.7 Å². The number of carbonyl (C=O) groups is 1. The number of carbonyl (C=O) groups excluding carboxylic acids is 1. The molecule has 0 bridgehead atoms. The van der Waals surface area contributed by atoms with E-state index in [0.717, 1.165) is 28.2 Å². The quantitative estimate of drug-likeness (QED) is 0.0505. The molecule has 16 heteroatoms. The number of nitrogens with one attached hydrogen (secondary N) is 2. The van der Waals surface area contributed by atoms with Gasteiger partial charge in [-0.05, 0) is 52.1 Å². The Labute approximate surface area is 287 Å². The van der Waals surface area contributed by atoms with Crippen LogP contribution in [0.15, 0.2) is 84.0 Å². The van der Waals surface area contributed by atoms with E-state index in [2.05, 4.69) is 15.3 Å². The van der Waals surface area contributed by atoms with Gasteiger partial charge in [0.05, 0.1) is 27.4 Å². The minimum atomic E-state index is -4.95. The van der Waals surface area contributed by atoms with E-state index in [0.29, 0.717) is 43.6 Å². The van der Waals surface area contributed by atoms with Crippen LogP contribution in [0.4, 0.5) is 24.9 Å². The summed E-state index contributed by atoms with van der Waals surface area (Å²) in [6.45, 7) is 1.97. The van der Waals surface area contributed by atoms with Crippen LogP contribution in [0.5, 0.6) is 17.4 Å². The second-order valence-corrected chi connectivity index (χ2v) is 10.7. The predicted molar refractivity (Wildman–Crippen MR) is 180 cm³/mol. The van der Waals surface area contributed by atoms with E-state index in [-0.39, 0.29) is 32.2 Å². The van der Waals surface area contributed by atoms with Gasteiger partial charge >= 0.3 is 12.1 Å². The number of ether oxygens (including phenoxy) is 4. The molecule has 264 valence electrons. The van der Waals surface area contributed by atoms with E-state index < -0.39 is 12.1 Å². The van der Waals surface area contributed by atoms with Crippen molar-refractivity contribution >= 4 is 17.7 Å². The topological polar surface area (TPSA) is 156 Å². The third kappa shape index (κ3) is 12.1. The van der Waals surface area contributed by atoms with E-state index in [1.807, 2.05) is 58.7 Å². The Bertz CT molecular complexity index is 1650. The maximum Gasteiger partial charge on any atom is 0.471 e. The summed E-state index contributed by atoms with van der Waals surface area (Å²) in [6.07, 6.45) is -4.95. The summed E-state index contributed by atoms with van der Waals surface area (Å²) in [4.78, 5) is 25.4. The number of benzene rings is 3. The van der Waals surface area contributed by atoms with Gasteiger partial charge in [-0.25, -0.2) is 0 Å². The Morgan fingerprint density at radius 2 is 1.44 bits per heavy atom. The van der Waals surface area contributed by atoms with Crippen LogP contribution in [0.1, 0.15) is 22.3 Å². The maximum absolute atomic E-state index is 12.5. The number of hydrogen-bond donors (Lipinski definition) is 2. The van der Waals surface area contributed by atoms with Crippen molar-refractivity contribution in [2.24, 2.45) is 5.11 Å². The van der Waals surface area contributed by atoms with E-state index in [1.165, 1.54) is 0 Å². The number of aromatic nitrogens is 2. The Balaban J connectivity index is 1.55. The third-order valence-corrected chi connectivity index (χ3v) is 7.11. The summed E-state index contributed by atoms with van der Waals surface area (Å²) in [5, 5.41) is 8.54. The molecule has 1 heterocycles. The Morgan fingerprint density at radius 3 is 2.00 bits per heavy atom. The SMILES string of the molecule is COc1ccc(CN(Cc2ccc(OC)cc2)c2nc(NCCOCCN=[N+]=[N-])cc(OCc3ccc(CNC(=O)C(F)(F)F)cc3)n2)cc1. The molecule has 0 atom stereocenters. The summed E-state index contributed by atoms with van der Waals surface area (Å²) in [5.41, 5.74) is 11.6. The van der Waals surface area contributed by atoms with Gasteiger partial charge in [-0.2, -0.15) is 23.1 Å². The number of amides is 1. The van der Waals surface area contributed by atoms with Crippen LogP contribution in [0.25, 0.3) is 10.4 Å². The van der Waals surface area contributed by atoms with Crippen molar-refractivity contribution in [3.63, 3.8) is 0 Å². The molecule has 0 radical (unpaired) electrons. The van der Waals surface area contributed by atoms with Crippen LogP contribution in [-0.4, -0.2) is 62.6 Å². The molecule has 4 aromatic rings. The first kappa shape index (κ1) is 37.1. The Morgan fingerprint density at radius 1 is 0.860 bits per heavy atom. The molecule has 2 N–H and O–H groups in total. The fourth-order valence-corrected chi connectivity index (χ4v) is 4.52. The second-order valence-electron chi connectivity index (χ2n) is 10.7. The van der Waals surface area contributed by atoms with Crippen molar-refractivity contribution in [1.29, 1.82) is 0 Å². The molecule has 0 aliphatic rings. The van der Waals surface area contributed by atoms with Gasteiger partial charge in [0.25, 0.3) is 0 Å². The lowest BCUT2D eigenvalue weighted by molar-refractivity contribution is -0.173. The monoisotopic (exact) mass is 694 g/mol. The van der Waals surface area contributed by atoms with Gasteiger partial charge < -0.3 is 34.5 Å². The van der Waals surface area contributed by atoms with Gasteiger partial charge in [0.2, 0.25) is 11.8 Å². The van der Waals surface area contributed by atoms with Crippen LogP contribution in [0.3, 0.4) is 0 Å². The summed E-state index contributed by atoms with van der Waals surface area (Å²) >= 11 is 0. The summed E-state index contributed by atoms with van der Waals surface area (Å²) in [6, 6.07) is 23.7. The number of methoxy groups -OCH3 is 2. The first-order valence-corrected chi connectivity index (χ1v) is 15.4. The summed E-state index contributed by atoms with van der Waals surface area (Å²) in [5.74, 6) is 0.605. The first-order chi connectivity index (χ1) is 24.2. The van der Waals surface area contributed by atoms with Gasteiger partial charge in [-0.3, -0.25) is 4.79 Å². The van der Waals surface area contributed by atoms with Crippen molar-refractivity contribution in [1.82, 2.24) is 15.3 Å². The minimum absolute atomic E-state index is 0.102. The highest BCUT2D eigenvalue weighted by Gasteiger charge is 2.38. The molecule has 3 aromatic carbocycles. The van der Waals surface area contributed by atoms with Crippen molar-refractivity contribution in [3.8, 4) is 17.4 Å². The predicted octanol–water partition coefficient (Wildman–Crippen LogP) is 6.20. The average molecular weight is 695 g/mol. The molecule has 4 rings (SSSR count). The summed E-state index contributed by atoms with van der Waals surface area (Å²) in [7, 11) is 3.22. The highest BCUT2D eigenvalue weighted by atomic mass is 19.4. The van der Waals surface area contributed by atoms with Crippen LogP contribution in [-0.2, 0) is 35.8 Å². The molecule has 0 unspecified atom stereocenters. The molecule has 0 aliphatic heterocycles. The average Bonchev–Trinajstić information content (AvgIpc) is 3.13. The number of anilines is 2. The molecule has 0 aliphatic carbocycles. The molecule has 0 fully saturated rings. The maximum atomic E-state index is 12.5. The number of azide groups is 1. The highest BCUT2D eigenvalue weighted by molar-refractivity contribution is 5.81. The van der Waals surface area contributed by atoms with E-state index in [9.17, 15) is 18.0 Å². The second kappa shape index (κ2) is 18.7. The fraction of sp³-hybridized carbons (Fsp3) is 0.324. The molecule has 0 saturated carbocycles. The Hall–Kier alpha value is -5.73. The van der Waals surface area contributed by atoms with Crippen LogP contribution >= 0.6 is 0 Å². The van der Waals surface area contributed by atoms with E-state index in [4.69, 9.17) is 34.4 Å². The number of alkyl halides is 3. The molecule has 13 nitrogen and oxygen atoms in total. The first-order valence-electron chi connectivity index (χ1n) is 15.4. The lowest BCUT2D eigenvalue weighted by atomic mass is 10.1. The van der Waals surface area contributed by atoms with Gasteiger partial charge in [0.1, 0.15) is 23.9 Å². The third-order valence-electron chi connectivity index (χ3n) is 7.11. The van der Waals surface area contributed by atoms with Gasteiger partial charge in [-0.15, -0.1) is 0 Å². The van der Waals surface area contributed by atoms with Crippen molar-refractivity contribution in [3.05, 3.63) is 112 Å². The molecular weight excluding hydrogens is 657 g/mol. The number of hydrogen-bond acceptors (Lipinski definition) is 10. The van der Waals surface area contributed by atoms with Crippen LogP contribution in [0, 0.1) is 0 Å². The highest BCUT2D eigenvalue weighted by Crippen LogP contribution is 2.25. The van der Waals surface area contributed by atoms with Crippen molar-refractivity contribution < 1.29 is 36.9 Å². The number of rotatable bonds is 19. The van der Waals surface area contributed by atoms with Crippen molar-refractivity contribution in [2.75, 3.05) is 50.7 Å². The van der Waals surface area contributed by atoms with Gasteiger partial charge in [0, 0.05) is 43.7 Å². The van der Waals surface area contributed by atoms with Gasteiger partial charge in [0.15, 0.2) is 0 Å². The summed E-state index contributed by atoms with van der Waals surface area (Å²) < 4.78 is 59.8. The van der Waals surface area contributed by atoms with E-state index >= 15 is 0 Å². The zero-order valence-corrected chi connectivity index (χ0v) is 27.5. The molecule has 1 amide bonds. The Kier molecular flexibility index (Phi) is 13.9. The number of halogens is 3. The standard InChI is InChI=1S/C34H37F3N8O5/c1-47-28-11-7-25(8-12-28)21-45(22-26-9-13-29(48-2)14-10-26)33-42-30(39-15-17-49-18-16-41-44-38)19-31(43-33)50-23-27-5-3-24(4-6-27)20-40-32(46)34(35,36)37/h3-14,19H,15-18,20-23H2,1-2H3,(H,40,46)(H,39,42,43).